The van der Waals surface area contributed by atoms with Crippen LogP contribution in [0.5, 0.6) is 0 Å². The van der Waals surface area contributed by atoms with Crippen molar-refractivity contribution in [2.45, 2.75) is 40.2 Å². The van der Waals surface area contributed by atoms with E-state index in [1.54, 1.807) is 48.5 Å². The highest BCUT2D eigenvalue weighted by molar-refractivity contribution is 6.30. The third-order valence-corrected chi connectivity index (χ3v) is 4.30. The molecule has 1 amide bonds. The van der Waals surface area contributed by atoms with Gasteiger partial charge in [0.1, 0.15) is 0 Å². The van der Waals surface area contributed by atoms with E-state index >= 15 is 0 Å². The van der Waals surface area contributed by atoms with Crippen LogP contribution in [0.15, 0.2) is 48.5 Å². The number of halogens is 1. The number of rotatable bonds is 6. The predicted octanol–water partition coefficient (Wildman–Crippen LogP) is 4.68. The molecule has 0 aliphatic carbocycles. The van der Waals surface area contributed by atoms with Gasteiger partial charge in [-0.15, -0.1) is 0 Å². The van der Waals surface area contributed by atoms with Crippen LogP contribution in [0.25, 0.3) is 0 Å². The second-order valence-electron chi connectivity index (χ2n) is 7.58. The number of carbonyl (C=O) groups excluding carboxylic acids is 3. The smallest absolute Gasteiger partial charge is 0.310 e. The van der Waals surface area contributed by atoms with Crippen molar-refractivity contribution in [2.75, 3.05) is 5.32 Å². The molecule has 5 nitrogen and oxygen atoms in total. The minimum atomic E-state index is -0.908. The van der Waals surface area contributed by atoms with Crippen molar-refractivity contribution >= 4 is 34.9 Å². The molecule has 0 fully saturated rings. The molecule has 1 N–H and O–H groups in total. The molecule has 0 heterocycles. The summed E-state index contributed by atoms with van der Waals surface area (Å²) in [6, 6.07) is 13.4. The number of nitrogens with one attached hydrogen (secondary N) is 1. The highest BCUT2D eigenvalue weighted by Crippen LogP contribution is 2.18. The van der Waals surface area contributed by atoms with Crippen molar-refractivity contribution in [1.82, 2.24) is 0 Å². The normalized spacial score (nSPS) is 12.2. The molecule has 0 saturated heterocycles. The molecular weight excluding hydrogens is 378 g/mol. The zero-order valence-corrected chi connectivity index (χ0v) is 17.2. The monoisotopic (exact) mass is 401 g/mol. The second-order valence-corrected chi connectivity index (χ2v) is 8.02. The molecule has 2 aromatic rings. The molecular formula is C22H24ClNO4. The van der Waals surface area contributed by atoms with Gasteiger partial charge in [0, 0.05) is 21.7 Å². The van der Waals surface area contributed by atoms with E-state index in [4.69, 9.17) is 16.3 Å². The van der Waals surface area contributed by atoms with Crippen molar-refractivity contribution in [3.8, 4) is 0 Å². The van der Waals surface area contributed by atoms with Crippen molar-refractivity contribution in [2.24, 2.45) is 5.41 Å². The van der Waals surface area contributed by atoms with Gasteiger partial charge in [-0.25, -0.2) is 0 Å². The lowest BCUT2D eigenvalue weighted by Crippen LogP contribution is -2.27. The van der Waals surface area contributed by atoms with E-state index in [2.05, 4.69) is 5.32 Å². The summed E-state index contributed by atoms with van der Waals surface area (Å²) in [5, 5.41) is 3.38. The van der Waals surface area contributed by atoms with Crippen LogP contribution in [0, 0.1) is 5.41 Å². The summed E-state index contributed by atoms with van der Waals surface area (Å²) in [5.41, 5.74) is 1.25. The lowest BCUT2D eigenvalue weighted by atomic mass is 9.95. The van der Waals surface area contributed by atoms with Crippen molar-refractivity contribution < 1.29 is 19.1 Å². The Kier molecular flexibility index (Phi) is 6.97. The first-order chi connectivity index (χ1) is 13.1. The van der Waals surface area contributed by atoms with Gasteiger partial charge < -0.3 is 10.1 Å². The predicted molar refractivity (Wildman–Crippen MR) is 110 cm³/mol. The Balaban J connectivity index is 1.94. The minimum absolute atomic E-state index is 0.0621. The standard InChI is InChI=1S/C22H24ClNO4/c1-14(28-19(25)13-15-5-9-17(23)10-6-15)20(26)16-7-11-18(12-8-16)24-21(27)22(2,3)4/h5-12,14H,13H2,1-4H3,(H,24,27). The molecule has 148 valence electrons. The number of carbonyl (C=O) groups is 3. The van der Waals surface area contributed by atoms with Crippen molar-refractivity contribution in [3.05, 3.63) is 64.7 Å². The first-order valence-corrected chi connectivity index (χ1v) is 9.34. The molecule has 28 heavy (non-hydrogen) atoms. The van der Waals surface area contributed by atoms with E-state index in [-0.39, 0.29) is 18.1 Å². The Labute approximate surface area is 170 Å². The third-order valence-electron chi connectivity index (χ3n) is 4.05. The average molecular weight is 402 g/mol. The number of amides is 1. The number of ketones is 1. The Morgan fingerprint density at radius 3 is 2.11 bits per heavy atom. The lowest BCUT2D eigenvalue weighted by molar-refractivity contribution is -0.145. The minimum Gasteiger partial charge on any atom is -0.454 e. The zero-order valence-electron chi connectivity index (χ0n) is 16.4. The van der Waals surface area contributed by atoms with E-state index in [0.29, 0.717) is 16.3 Å². The molecule has 0 aliphatic heterocycles. The topological polar surface area (TPSA) is 72.5 Å². The lowest BCUT2D eigenvalue weighted by Gasteiger charge is -2.18. The summed E-state index contributed by atoms with van der Waals surface area (Å²) in [7, 11) is 0. The van der Waals surface area contributed by atoms with Gasteiger partial charge in [-0.2, -0.15) is 0 Å². The summed E-state index contributed by atoms with van der Waals surface area (Å²) in [4.78, 5) is 36.6. The van der Waals surface area contributed by atoms with Crippen LogP contribution < -0.4 is 5.32 Å². The second kappa shape index (κ2) is 9.02. The quantitative estimate of drug-likeness (QED) is 0.563. The number of ether oxygens (including phenoxy) is 1. The number of hydrogen-bond acceptors (Lipinski definition) is 4. The largest absolute Gasteiger partial charge is 0.454 e. The van der Waals surface area contributed by atoms with Gasteiger partial charge in [-0.1, -0.05) is 44.5 Å². The van der Waals surface area contributed by atoms with Gasteiger partial charge in [0.2, 0.25) is 11.7 Å². The van der Waals surface area contributed by atoms with Crippen LogP contribution in [0.4, 0.5) is 5.69 Å². The molecule has 0 bridgehead atoms. The summed E-state index contributed by atoms with van der Waals surface area (Å²) in [6.45, 7) is 7.00. The fourth-order valence-electron chi connectivity index (χ4n) is 2.33. The van der Waals surface area contributed by atoms with Gasteiger partial charge >= 0.3 is 5.97 Å². The van der Waals surface area contributed by atoms with E-state index < -0.39 is 17.5 Å². The molecule has 1 unspecified atom stereocenters. The average Bonchev–Trinajstić information content (AvgIpc) is 2.62. The molecule has 0 saturated carbocycles. The van der Waals surface area contributed by atoms with Crippen LogP contribution >= 0.6 is 11.6 Å². The van der Waals surface area contributed by atoms with Gasteiger partial charge in [0.15, 0.2) is 6.10 Å². The van der Waals surface area contributed by atoms with Crippen LogP contribution in [0.1, 0.15) is 43.6 Å². The number of anilines is 1. The zero-order chi connectivity index (χ0) is 20.9. The Morgan fingerprint density at radius 2 is 1.57 bits per heavy atom. The Hall–Kier alpha value is -2.66. The van der Waals surface area contributed by atoms with Crippen molar-refractivity contribution in [1.29, 1.82) is 0 Å². The van der Waals surface area contributed by atoms with E-state index in [1.165, 1.54) is 6.92 Å². The van der Waals surface area contributed by atoms with Gasteiger partial charge in [-0.3, -0.25) is 14.4 Å². The highest BCUT2D eigenvalue weighted by atomic mass is 35.5. The SMILES string of the molecule is CC(OC(=O)Cc1ccc(Cl)cc1)C(=O)c1ccc(NC(=O)C(C)(C)C)cc1. The third kappa shape index (κ3) is 6.20. The summed E-state index contributed by atoms with van der Waals surface area (Å²) >= 11 is 5.82. The van der Waals surface area contributed by atoms with Gasteiger partial charge in [0.25, 0.3) is 0 Å². The first-order valence-electron chi connectivity index (χ1n) is 8.96. The van der Waals surface area contributed by atoms with Crippen molar-refractivity contribution in [3.63, 3.8) is 0 Å². The molecule has 0 aliphatic rings. The van der Waals surface area contributed by atoms with Crippen LogP contribution in [0.2, 0.25) is 5.02 Å². The fourth-order valence-corrected chi connectivity index (χ4v) is 2.46. The van der Waals surface area contributed by atoms with Crippen LogP contribution in [0.3, 0.4) is 0 Å². The molecule has 1 atom stereocenters. The molecule has 0 radical (unpaired) electrons. The van der Waals surface area contributed by atoms with Crippen LogP contribution in [-0.4, -0.2) is 23.8 Å². The van der Waals surface area contributed by atoms with E-state index in [9.17, 15) is 14.4 Å². The number of esters is 1. The summed E-state index contributed by atoms with van der Waals surface area (Å²) < 4.78 is 5.25. The molecule has 2 aromatic carbocycles. The number of Topliss-reactive ketones (excluding diaryl/α,β-unsaturated/α-hetero) is 1. The van der Waals surface area contributed by atoms with Gasteiger partial charge in [-0.05, 0) is 48.9 Å². The van der Waals surface area contributed by atoms with E-state index in [0.717, 1.165) is 5.56 Å². The fraction of sp³-hybridized carbons (Fsp3) is 0.318. The molecule has 2 rings (SSSR count). The Bertz CT molecular complexity index is 852. The molecule has 6 heteroatoms. The molecule has 0 spiro atoms. The maximum atomic E-state index is 12.5. The van der Waals surface area contributed by atoms with Crippen LogP contribution in [-0.2, 0) is 20.7 Å². The van der Waals surface area contributed by atoms with E-state index in [1.807, 2.05) is 20.8 Å². The summed E-state index contributed by atoms with van der Waals surface area (Å²) in [5.74, 6) is -0.911. The maximum Gasteiger partial charge on any atom is 0.310 e. The first kappa shape index (κ1) is 21.6. The van der Waals surface area contributed by atoms with Gasteiger partial charge in [0.05, 0.1) is 6.42 Å². The molecule has 0 aromatic heterocycles. The maximum absolute atomic E-state index is 12.5. The summed E-state index contributed by atoms with van der Waals surface area (Å²) in [6.07, 6.45) is -0.846. The number of benzene rings is 2. The number of hydrogen-bond donors (Lipinski definition) is 1. The highest BCUT2D eigenvalue weighted by Gasteiger charge is 2.22. The Morgan fingerprint density at radius 1 is 1.00 bits per heavy atom.